The fourth-order valence-corrected chi connectivity index (χ4v) is 2.26. The molecule has 19 heavy (non-hydrogen) atoms. The van der Waals surface area contributed by atoms with Gasteiger partial charge in [-0.3, -0.25) is 0 Å². The number of aliphatic hydroxyl groups excluding tert-OH is 2. The van der Waals surface area contributed by atoms with Crippen LogP contribution in [0, 0.1) is 11.8 Å². The largest absolute Gasteiger partial charge is 0.433 e. The Hall–Kier alpha value is -0.870. The molecule has 0 saturated heterocycles. The predicted octanol–water partition coefficient (Wildman–Crippen LogP) is 2.64. The Morgan fingerprint density at radius 2 is 1.79 bits per heavy atom. The van der Waals surface area contributed by atoms with E-state index in [9.17, 15) is 15.0 Å². The summed E-state index contributed by atoms with van der Waals surface area (Å²) in [5.74, 6) is -0.643. The summed E-state index contributed by atoms with van der Waals surface area (Å²) in [4.78, 5) is 11.1. The second-order valence-corrected chi connectivity index (χ2v) is 4.96. The minimum Gasteiger partial charge on any atom is -0.433 e. The summed E-state index contributed by atoms with van der Waals surface area (Å²) < 4.78 is 4.85. The molecular formula is C15H28O4. The van der Waals surface area contributed by atoms with E-state index in [1.54, 1.807) is 0 Å². The first-order chi connectivity index (χ1) is 8.99. The molecule has 0 amide bonds. The SMILES string of the molecule is C=CC(=O)OC(O)C(CC)CC(CC)C(O)CCC. The van der Waals surface area contributed by atoms with Crippen molar-refractivity contribution in [3.05, 3.63) is 12.7 Å². The third-order valence-corrected chi connectivity index (χ3v) is 3.59. The molecule has 0 fully saturated rings. The first-order valence-electron chi connectivity index (χ1n) is 7.19. The summed E-state index contributed by atoms with van der Waals surface area (Å²) in [6.07, 6.45) is 3.45. The molecule has 0 spiro atoms. The van der Waals surface area contributed by atoms with Crippen molar-refractivity contribution < 1.29 is 19.7 Å². The first-order valence-corrected chi connectivity index (χ1v) is 7.19. The van der Waals surface area contributed by atoms with E-state index in [2.05, 4.69) is 6.58 Å². The van der Waals surface area contributed by atoms with E-state index in [1.807, 2.05) is 20.8 Å². The van der Waals surface area contributed by atoms with Crippen molar-refractivity contribution in [3.8, 4) is 0 Å². The lowest BCUT2D eigenvalue weighted by molar-refractivity contribution is -0.173. The normalized spacial score (nSPS) is 17.3. The van der Waals surface area contributed by atoms with Crippen LogP contribution in [-0.4, -0.2) is 28.6 Å². The lowest BCUT2D eigenvalue weighted by Gasteiger charge is -2.28. The summed E-state index contributed by atoms with van der Waals surface area (Å²) >= 11 is 0. The lowest BCUT2D eigenvalue weighted by atomic mass is 9.85. The Bertz CT molecular complexity index is 265. The van der Waals surface area contributed by atoms with Crippen LogP contribution >= 0.6 is 0 Å². The third-order valence-electron chi connectivity index (χ3n) is 3.59. The van der Waals surface area contributed by atoms with Crippen LogP contribution in [0.2, 0.25) is 0 Å². The van der Waals surface area contributed by atoms with Gasteiger partial charge in [0, 0.05) is 12.0 Å². The number of esters is 1. The molecule has 112 valence electrons. The minimum absolute atomic E-state index is 0.127. The highest BCUT2D eigenvalue weighted by atomic mass is 16.6. The average Bonchev–Trinajstić information content (AvgIpc) is 2.39. The molecule has 2 N–H and O–H groups in total. The van der Waals surface area contributed by atoms with Gasteiger partial charge in [-0.2, -0.15) is 0 Å². The standard InChI is InChI=1S/C15H28O4/c1-5-9-13(16)11(6-2)10-12(7-3)15(18)19-14(17)8-4/h8,11-13,15-16,18H,4-7,9-10H2,1-3H3. The van der Waals surface area contributed by atoms with Crippen LogP contribution in [-0.2, 0) is 9.53 Å². The van der Waals surface area contributed by atoms with Gasteiger partial charge in [-0.05, 0) is 25.2 Å². The molecule has 0 radical (unpaired) electrons. The monoisotopic (exact) mass is 272 g/mol. The van der Waals surface area contributed by atoms with Crippen molar-refractivity contribution in [2.75, 3.05) is 0 Å². The molecule has 0 aliphatic heterocycles. The molecule has 4 heteroatoms. The smallest absolute Gasteiger partial charge is 0.332 e. The van der Waals surface area contributed by atoms with Crippen LogP contribution in [0.15, 0.2) is 12.7 Å². The van der Waals surface area contributed by atoms with Gasteiger partial charge in [0.25, 0.3) is 0 Å². The number of hydrogen-bond acceptors (Lipinski definition) is 4. The Morgan fingerprint density at radius 1 is 1.21 bits per heavy atom. The highest BCUT2D eigenvalue weighted by molar-refractivity contribution is 5.81. The van der Waals surface area contributed by atoms with Gasteiger partial charge in [-0.25, -0.2) is 4.79 Å². The molecular weight excluding hydrogens is 244 g/mol. The molecule has 0 saturated carbocycles. The topological polar surface area (TPSA) is 66.8 Å². The van der Waals surface area contributed by atoms with Crippen molar-refractivity contribution in [3.63, 3.8) is 0 Å². The van der Waals surface area contributed by atoms with E-state index < -0.39 is 12.3 Å². The van der Waals surface area contributed by atoms with Crippen molar-refractivity contribution in [2.45, 2.75) is 65.3 Å². The van der Waals surface area contributed by atoms with Crippen LogP contribution in [0.5, 0.6) is 0 Å². The van der Waals surface area contributed by atoms with E-state index >= 15 is 0 Å². The molecule has 0 aromatic carbocycles. The molecule has 4 atom stereocenters. The summed E-state index contributed by atoms with van der Waals surface area (Å²) in [6.45, 7) is 9.30. The predicted molar refractivity (Wildman–Crippen MR) is 75.4 cm³/mol. The fraction of sp³-hybridized carbons (Fsp3) is 0.800. The van der Waals surface area contributed by atoms with Gasteiger partial charge in [-0.15, -0.1) is 0 Å². The van der Waals surface area contributed by atoms with Gasteiger partial charge in [0.1, 0.15) is 0 Å². The Morgan fingerprint density at radius 3 is 2.21 bits per heavy atom. The molecule has 0 aliphatic rings. The maximum Gasteiger partial charge on any atom is 0.332 e. The minimum atomic E-state index is -1.13. The number of aliphatic hydroxyl groups is 2. The molecule has 0 bridgehead atoms. The molecule has 4 unspecified atom stereocenters. The molecule has 0 heterocycles. The number of carbonyl (C=O) groups is 1. The second-order valence-electron chi connectivity index (χ2n) is 4.96. The molecule has 0 aliphatic carbocycles. The van der Waals surface area contributed by atoms with Gasteiger partial charge < -0.3 is 14.9 Å². The van der Waals surface area contributed by atoms with Crippen molar-refractivity contribution in [2.24, 2.45) is 11.8 Å². The number of hydrogen-bond donors (Lipinski definition) is 2. The molecule has 0 rings (SSSR count). The molecule has 0 aromatic rings. The van der Waals surface area contributed by atoms with Crippen LogP contribution < -0.4 is 0 Å². The van der Waals surface area contributed by atoms with E-state index in [-0.39, 0.29) is 17.9 Å². The Balaban J connectivity index is 4.49. The Kier molecular flexibility index (Phi) is 9.53. The third kappa shape index (κ3) is 6.73. The summed E-state index contributed by atoms with van der Waals surface area (Å²) in [5, 5.41) is 20.0. The lowest BCUT2D eigenvalue weighted by Crippen LogP contribution is -2.30. The first kappa shape index (κ1) is 18.1. The summed E-state index contributed by atoms with van der Waals surface area (Å²) in [7, 11) is 0. The maximum atomic E-state index is 11.1. The fourth-order valence-electron chi connectivity index (χ4n) is 2.26. The van der Waals surface area contributed by atoms with Crippen molar-refractivity contribution in [1.29, 1.82) is 0 Å². The summed E-state index contributed by atoms with van der Waals surface area (Å²) in [6, 6.07) is 0. The average molecular weight is 272 g/mol. The second kappa shape index (κ2) is 9.98. The van der Waals surface area contributed by atoms with E-state index in [0.29, 0.717) is 12.8 Å². The van der Waals surface area contributed by atoms with Crippen LogP contribution in [0.4, 0.5) is 0 Å². The number of rotatable bonds is 10. The van der Waals surface area contributed by atoms with Crippen molar-refractivity contribution >= 4 is 5.97 Å². The molecule has 0 aromatic heterocycles. The van der Waals surface area contributed by atoms with Gasteiger partial charge in [0.05, 0.1) is 6.10 Å². The van der Waals surface area contributed by atoms with Crippen LogP contribution in [0.1, 0.15) is 52.9 Å². The highest BCUT2D eigenvalue weighted by Gasteiger charge is 2.26. The van der Waals surface area contributed by atoms with Crippen LogP contribution in [0.3, 0.4) is 0 Å². The zero-order chi connectivity index (χ0) is 14.8. The van der Waals surface area contributed by atoms with Gasteiger partial charge in [-0.1, -0.05) is 40.2 Å². The Labute approximate surface area is 116 Å². The highest BCUT2D eigenvalue weighted by Crippen LogP contribution is 2.26. The van der Waals surface area contributed by atoms with Gasteiger partial charge in [0.15, 0.2) is 0 Å². The van der Waals surface area contributed by atoms with Crippen molar-refractivity contribution in [1.82, 2.24) is 0 Å². The number of carbonyl (C=O) groups excluding carboxylic acids is 1. The zero-order valence-corrected chi connectivity index (χ0v) is 12.3. The van der Waals surface area contributed by atoms with Crippen LogP contribution in [0.25, 0.3) is 0 Å². The zero-order valence-electron chi connectivity index (χ0n) is 12.3. The number of ether oxygens (including phenoxy) is 1. The maximum absolute atomic E-state index is 11.1. The van der Waals surface area contributed by atoms with E-state index in [1.165, 1.54) is 0 Å². The van der Waals surface area contributed by atoms with E-state index in [0.717, 1.165) is 25.3 Å². The van der Waals surface area contributed by atoms with E-state index in [4.69, 9.17) is 4.74 Å². The van der Waals surface area contributed by atoms with Gasteiger partial charge in [0.2, 0.25) is 6.29 Å². The summed E-state index contributed by atoms with van der Waals surface area (Å²) in [5.41, 5.74) is 0. The quantitative estimate of drug-likeness (QED) is 0.364. The van der Waals surface area contributed by atoms with Gasteiger partial charge >= 0.3 is 5.97 Å². The molecule has 4 nitrogen and oxygen atoms in total.